The summed E-state index contributed by atoms with van der Waals surface area (Å²) in [6, 6.07) is 13.5. The zero-order valence-electron chi connectivity index (χ0n) is 19.0. The summed E-state index contributed by atoms with van der Waals surface area (Å²) in [4.78, 5) is 40.5. The van der Waals surface area contributed by atoms with E-state index >= 15 is 0 Å². The lowest BCUT2D eigenvalue weighted by atomic mass is 9.83. The number of anilines is 1. The summed E-state index contributed by atoms with van der Waals surface area (Å²) in [5.74, 6) is 0.207. The smallest absolute Gasteiger partial charge is 0.317 e. The second-order valence-corrected chi connectivity index (χ2v) is 9.79. The Morgan fingerprint density at radius 3 is 2.52 bits per heavy atom. The minimum Gasteiger partial charge on any atom is -0.335 e. The fraction of sp³-hybridized carbons (Fsp3) is 0.500. The standard InChI is InChI=1S/C26H32N4O3/c31-24(14-18-7-3-1-4-8-18)28-22-11-12-23-20-13-19(16-30(23)25(22)32)15-29(17-20)26(33)27-21-9-5-2-6-10-21/h1,3-4,7-8,11-12,19-21H,2,5-6,9-10,13-17H2,(H,27,33)(H,28,31)/t19-,20-/m1/s1. The Morgan fingerprint density at radius 2 is 1.73 bits per heavy atom. The lowest BCUT2D eigenvalue weighted by molar-refractivity contribution is -0.115. The van der Waals surface area contributed by atoms with Gasteiger partial charge in [0.25, 0.3) is 5.56 Å². The molecule has 174 valence electrons. The number of nitrogens with zero attached hydrogens (tertiary/aromatic N) is 2. The van der Waals surface area contributed by atoms with Crippen LogP contribution in [0.4, 0.5) is 10.5 Å². The van der Waals surface area contributed by atoms with E-state index in [0.717, 1.165) is 30.5 Å². The lowest BCUT2D eigenvalue weighted by Gasteiger charge is -2.43. The topological polar surface area (TPSA) is 83.4 Å². The summed E-state index contributed by atoms with van der Waals surface area (Å²) in [6.45, 7) is 1.89. The van der Waals surface area contributed by atoms with Crippen LogP contribution in [0, 0.1) is 5.92 Å². The van der Waals surface area contributed by atoms with E-state index in [4.69, 9.17) is 0 Å². The lowest BCUT2D eigenvalue weighted by Crippen LogP contribution is -2.53. The first-order chi connectivity index (χ1) is 16.1. The normalized spacial score (nSPS) is 22.4. The number of likely N-dealkylation sites (tertiary alicyclic amines) is 1. The molecular weight excluding hydrogens is 416 g/mol. The van der Waals surface area contributed by atoms with Crippen molar-refractivity contribution in [3.05, 3.63) is 64.1 Å². The Hall–Kier alpha value is -3.09. The number of aromatic nitrogens is 1. The van der Waals surface area contributed by atoms with Crippen molar-refractivity contribution in [2.24, 2.45) is 5.92 Å². The summed E-state index contributed by atoms with van der Waals surface area (Å²) in [5, 5.41) is 6.03. The third-order valence-electron chi connectivity index (χ3n) is 7.31. The Balaban J connectivity index is 1.27. The second-order valence-electron chi connectivity index (χ2n) is 9.79. The van der Waals surface area contributed by atoms with Crippen LogP contribution < -0.4 is 16.2 Å². The van der Waals surface area contributed by atoms with E-state index in [1.165, 1.54) is 19.3 Å². The van der Waals surface area contributed by atoms with Gasteiger partial charge in [-0.25, -0.2) is 4.79 Å². The first-order valence-electron chi connectivity index (χ1n) is 12.2. The molecule has 0 spiro atoms. The van der Waals surface area contributed by atoms with Gasteiger partial charge in [0, 0.05) is 37.3 Å². The van der Waals surface area contributed by atoms with Crippen LogP contribution in [0.2, 0.25) is 0 Å². The molecule has 0 radical (unpaired) electrons. The molecule has 1 saturated heterocycles. The molecule has 5 rings (SSSR count). The van der Waals surface area contributed by atoms with Crippen molar-refractivity contribution < 1.29 is 9.59 Å². The fourth-order valence-electron chi connectivity index (χ4n) is 5.70. The highest BCUT2D eigenvalue weighted by molar-refractivity contribution is 5.92. The molecule has 3 aliphatic rings. The van der Waals surface area contributed by atoms with Crippen LogP contribution in [0.1, 0.15) is 55.7 Å². The molecule has 2 fully saturated rings. The minimum absolute atomic E-state index is 0.0391. The van der Waals surface area contributed by atoms with Crippen molar-refractivity contribution in [3.8, 4) is 0 Å². The van der Waals surface area contributed by atoms with E-state index in [2.05, 4.69) is 10.6 Å². The number of nitrogens with one attached hydrogen (secondary N) is 2. The Morgan fingerprint density at radius 1 is 0.939 bits per heavy atom. The van der Waals surface area contributed by atoms with Crippen molar-refractivity contribution in [1.29, 1.82) is 0 Å². The minimum atomic E-state index is -0.194. The highest BCUT2D eigenvalue weighted by Crippen LogP contribution is 2.35. The van der Waals surface area contributed by atoms with Crippen molar-refractivity contribution in [2.45, 2.75) is 63.5 Å². The quantitative estimate of drug-likeness (QED) is 0.751. The number of carbonyl (C=O) groups excluding carboxylic acids is 2. The van der Waals surface area contributed by atoms with Crippen LogP contribution in [0.5, 0.6) is 0 Å². The van der Waals surface area contributed by atoms with E-state index in [1.807, 2.05) is 45.9 Å². The molecule has 1 saturated carbocycles. The zero-order valence-corrected chi connectivity index (χ0v) is 19.0. The van der Waals surface area contributed by atoms with Gasteiger partial charge in [-0.05, 0) is 42.9 Å². The summed E-state index contributed by atoms with van der Waals surface area (Å²) in [5.41, 5.74) is 2.05. The molecule has 1 aromatic heterocycles. The summed E-state index contributed by atoms with van der Waals surface area (Å²) < 4.78 is 1.81. The van der Waals surface area contributed by atoms with Crippen LogP contribution in [-0.4, -0.2) is 40.5 Å². The van der Waals surface area contributed by atoms with Crippen LogP contribution >= 0.6 is 0 Å². The van der Waals surface area contributed by atoms with Crippen LogP contribution in [0.25, 0.3) is 0 Å². The average molecular weight is 449 g/mol. The Kier molecular flexibility index (Phi) is 6.20. The SMILES string of the molecule is O=C(Cc1ccccc1)Nc1ccc2n(c1=O)C[C@@H]1C[C@@H]2CN(C(=O)NC2CCCCC2)C1. The van der Waals surface area contributed by atoms with Gasteiger partial charge in [0.15, 0.2) is 0 Å². The number of hydrogen-bond donors (Lipinski definition) is 2. The monoisotopic (exact) mass is 448 g/mol. The van der Waals surface area contributed by atoms with Gasteiger partial charge in [-0.2, -0.15) is 0 Å². The molecule has 2 aliphatic heterocycles. The first-order valence-corrected chi connectivity index (χ1v) is 12.2. The molecule has 1 aliphatic carbocycles. The Bertz CT molecular complexity index is 1070. The number of fused-ring (bicyclic) bond motifs is 4. The van der Waals surface area contributed by atoms with Crippen LogP contribution in [0.15, 0.2) is 47.3 Å². The Labute approximate surface area is 194 Å². The molecule has 7 nitrogen and oxygen atoms in total. The van der Waals surface area contributed by atoms with Gasteiger partial charge in [0.2, 0.25) is 5.91 Å². The summed E-state index contributed by atoms with van der Waals surface area (Å²) >= 11 is 0. The van der Waals surface area contributed by atoms with Crippen molar-refractivity contribution >= 4 is 17.6 Å². The molecule has 2 atom stereocenters. The maximum atomic E-state index is 13.2. The predicted octanol–water partition coefficient (Wildman–Crippen LogP) is 3.49. The van der Waals surface area contributed by atoms with E-state index in [1.54, 1.807) is 6.07 Å². The highest BCUT2D eigenvalue weighted by atomic mass is 16.2. The molecule has 33 heavy (non-hydrogen) atoms. The zero-order chi connectivity index (χ0) is 22.8. The van der Waals surface area contributed by atoms with Gasteiger partial charge < -0.3 is 20.1 Å². The second kappa shape index (κ2) is 9.41. The molecule has 1 aromatic carbocycles. The van der Waals surface area contributed by atoms with Gasteiger partial charge in [-0.1, -0.05) is 49.6 Å². The number of urea groups is 1. The van der Waals surface area contributed by atoms with Crippen molar-refractivity contribution in [2.75, 3.05) is 18.4 Å². The van der Waals surface area contributed by atoms with E-state index in [9.17, 15) is 14.4 Å². The van der Waals surface area contributed by atoms with Crippen molar-refractivity contribution in [3.63, 3.8) is 0 Å². The molecule has 2 bridgehead atoms. The molecule has 0 unspecified atom stereocenters. The van der Waals surface area contributed by atoms with Gasteiger partial charge in [0.1, 0.15) is 5.69 Å². The van der Waals surface area contributed by atoms with E-state index in [-0.39, 0.29) is 35.8 Å². The molecule has 2 aromatic rings. The third-order valence-corrected chi connectivity index (χ3v) is 7.31. The molecule has 2 N–H and O–H groups in total. The van der Waals surface area contributed by atoms with Gasteiger partial charge >= 0.3 is 6.03 Å². The number of hydrogen-bond acceptors (Lipinski definition) is 3. The van der Waals surface area contributed by atoms with Gasteiger partial charge in [-0.15, -0.1) is 0 Å². The van der Waals surface area contributed by atoms with Crippen molar-refractivity contribution in [1.82, 2.24) is 14.8 Å². The maximum absolute atomic E-state index is 13.2. The first kappa shape index (κ1) is 21.7. The van der Waals surface area contributed by atoms with Crippen LogP contribution in [0.3, 0.4) is 0 Å². The molecule has 3 amide bonds. The van der Waals surface area contributed by atoms with E-state index < -0.39 is 0 Å². The average Bonchev–Trinajstić information content (AvgIpc) is 2.82. The summed E-state index contributed by atoms with van der Waals surface area (Å²) in [7, 11) is 0. The number of rotatable bonds is 4. The molecule has 7 heteroatoms. The number of carbonyl (C=O) groups is 2. The van der Waals surface area contributed by atoms with Gasteiger partial charge in [0.05, 0.1) is 6.42 Å². The molecular formula is C26H32N4O3. The number of benzene rings is 1. The van der Waals surface area contributed by atoms with E-state index in [0.29, 0.717) is 31.4 Å². The third kappa shape index (κ3) is 4.82. The molecule has 3 heterocycles. The number of piperidine rings is 1. The number of pyridine rings is 1. The largest absolute Gasteiger partial charge is 0.335 e. The fourth-order valence-corrected chi connectivity index (χ4v) is 5.70. The highest BCUT2D eigenvalue weighted by Gasteiger charge is 2.37. The van der Waals surface area contributed by atoms with Crippen LogP contribution in [-0.2, 0) is 17.8 Å². The summed E-state index contributed by atoms with van der Waals surface area (Å²) in [6.07, 6.45) is 7.02. The number of amides is 3. The maximum Gasteiger partial charge on any atom is 0.317 e. The van der Waals surface area contributed by atoms with Gasteiger partial charge in [-0.3, -0.25) is 9.59 Å². The predicted molar refractivity (Wildman–Crippen MR) is 127 cm³/mol.